The Morgan fingerprint density at radius 2 is 1.13 bits per heavy atom. The summed E-state index contributed by atoms with van der Waals surface area (Å²) in [5, 5.41) is 38.4. The van der Waals surface area contributed by atoms with Gasteiger partial charge in [-0.15, -0.1) is 24.0 Å². The molecule has 15 unspecified atom stereocenters. The Hall–Kier alpha value is -4.32. The summed E-state index contributed by atoms with van der Waals surface area (Å²) >= 11 is 0. The second kappa shape index (κ2) is 35.4. The predicted molar refractivity (Wildman–Crippen MR) is 359 cm³/mol. The van der Waals surface area contributed by atoms with Crippen molar-refractivity contribution in [1.29, 1.82) is 0 Å². The molecule has 2 spiro atoms. The van der Waals surface area contributed by atoms with Crippen molar-refractivity contribution < 1.29 is 67.9 Å². The fraction of sp³-hybridized carbons (Fsp3) is 0.743. The third kappa shape index (κ3) is 17.8. The van der Waals surface area contributed by atoms with Crippen LogP contribution in [0.25, 0.3) is 0 Å². The molecule has 6 N–H and O–H groups in total. The van der Waals surface area contributed by atoms with E-state index in [2.05, 4.69) is 64.6 Å². The minimum atomic E-state index is -1.03. The van der Waals surface area contributed by atoms with E-state index in [0.29, 0.717) is 80.1 Å². The fourth-order valence-electron chi connectivity index (χ4n) is 16.3. The summed E-state index contributed by atoms with van der Waals surface area (Å²) in [7, 11) is 9.24. The zero-order valence-corrected chi connectivity index (χ0v) is 58.3. The number of aromatic hydroxyl groups is 1. The van der Waals surface area contributed by atoms with Crippen LogP contribution in [0.4, 0.5) is 4.79 Å². The minimum absolute atomic E-state index is 0.0387. The third-order valence-corrected chi connectivity index (χ3v) is 21.4. The van der Waals surface area contributed by atoms with Crippen LogP contribution in [-0.4, -0.2) is 163 Å². The average molecular weight is 1310 g/mol. The Bertz CT molecular complexity index is 2760. The number of phenols is 1. The number of amides is 2. The topological polar surface area (TPSA) is 252 Å². The van der Waals surface area contributed by atoms with E-state index in [1.807, 2.05) is 33.2 Å². The number of carbonyl (C=O) groups is 6. The molecule has 10 rings (SSSR count). The molecule has 4 aliphatic carbocycles. The SMILES string of the molecule is CC(=O)C(C)CCCCNC(=O)CCCCCCC(=O)CCC(O)OC1CCC2C3Cc4ccc(O)c5c4C2(CCN3C)C1O5.CC(=O)C(C)CCCCNC(=O)CCCCCNOC(=O)Oc1ccc2c3c1OC1C(O)CCC4C(C2)N(C)CCC341.CP.CP. The number of likely N-dealkylation sites (N-methyl/N-ethyl adjacent to an activating group) is 2. The first-order valence-electron chi connectivity index (χ1n) is 34.4. The van der Waals surface area contributed by atoms with Gasteiger partial charge in [0.05, 0.1) is 12.2 Å². The molecule has 4 bridgehead atoms. The number of hydroxylamine groups is 1. The number of aliphatic hydroxyl groups excluding tert-OH is 2. The summed E-state index contributed by atoms with van der Waals surface area (Å²) in [6, 6.07) is 8.49. The number of aliphatic hydroxyl groups is 2. The fourth-order valence-corrected chi connectivity index (χ4v) is 16.3. The Morgan fingerprint density at radius 1 is 0.626 bits per heavy atom. The maximum Gasteiger partial charge on any atom is 0.533 e. The lowest BCUT2D eigenvalue weighted by Crippen LogP contribution is -2.66. The number of piperidine rings is 2. The first kappa shape index (κ1) is 74.1. The lowest BCUT2D eigenvalue weighted by Gasteiger charge is -2.59. The smallest absolute Gasteiger partial charge is 0.504 e. The molecule has 4 fully saturated rings. The molecule has 2 saturated carbocycles. The summed E-state index contributed by atoms with van der Waals surface area (Å²) in [6.45, 7) is 14.6. The van der Waals surface area contributed by atoms with Gasteiger partial charge in [-0.25, -0.2) is 4.79 Å². The number of Topliss-reactive ketones (excluding diaryl/α,β-unsaturated/α-hetero) is 3. The lowest BCUT2D eigenvalue weighted by molar-refractivity contribution is -0.196. The van der Waals surface area contributed by atoms with Crippen LogP contribution >= 0.6 is 18.5 Å². The van der Waals surface area contributed by atoms with Crippen LogP contribution in [0.15, 0.2) is 24.3 Å². The van der Waals surface area contributed by atoms with E-state index < -0.39 is 18.5 Å². The Kier molecular flexibility index (Phi) is 28.8. The van der Waals surface area contributed by atoms with Crippen molar-refractivity contribution >= 4 is 53.8 Å². The number of phenolic OH excluding ortho intramolecular Hbond substituents is 1. The summed E-state index contributed by atoms with van der Waals surface area (Å²) in [5.41, 5.74) is 7.02. The van der Waals surface area contributed by atoms with E-state index in [4.69, 9.17) is 23.8 Å². The van der Waals surface area contributed by atoms with Crippen molar-refractivity contribution in [2.45, 2.75) is 248 Å². The van der Waals surface area contributed by atoms with Crippen molar-refractivity contribution in [2.24, 2.45) is 23.7 Å². The van der Waals surface area contributed by atoms with Crippen LogP contribution in [-0.2, 0) is 57.2 Å². The molecule has 2 amide bonds. The van der Waals surface area contributed by atoms with Crippen molar-refractivity contribution in [3.05, 3.63) is 46.5 Å². The van der Waals surface area contributed by atoms with Crippen LogP contribution in [0.5, 0.6) is 23.0 Å². The van der Waals surface area contributed by atoms with Gasteiger partial charge in [0.1, 0.15) is 29.6 Å². The Labute approximate surface area is 546 Å². The minimum Gasteiger partial charge on any atom is -0.504 e. The second-order valence-electron chi connectivity index (χ2n) is 27.0. The number of unbranched alkanes of at least 4 members (excludes halogenated alkanes) is 7. The van der Waals surface area contributed by atoms with Gasteiger partial charge in [-0.05, 0) is 179 Å². The standard InChI is InChI=1S/C36H54N2O7.C32H47N3O7.2CH5P/c1-23(24(2)39)10-8-9-20-37-31(42)12-7-5-4-6-11-26(40)14-18-32(43)44-30-17-15-27-28-22-25-13-16-29(41)34-33(25)36(27,35(30)45-34)19-21-38(28)3;1-20(21(2)36)9-6-8-16-33-27(38)10-5-4-7-17-34-42-31(39)40-26-14-11-22-19-24-23-12-13-25(37)30-32(23,15-18-35(24)3)28(22)29(26)41-30;2*1-2/h13,16,23,27-28,30,32,35,41,43H,4-12,14-15,17-22H2,1-3H3,(H,37,42);11,14,20,23-25,30,34,37H,4-10,12-13,15-19H2,1-3H3,(H,33,38);2*2H2,1H3. The van der Waals surface area contributed by atoms with Gasteiger partial charge in [0.25, 0.3) is 0 Å². The maximum absolute atomic E-state index is 12.6. The van der Waals surface area contributed by atoms with Gasteiger partial charge in [-0.3, -0.25) is 24.0 Å². The van der Waals surface area contributed by atoms with Crippen LogP contribution in [0, 0.1) is 23.7 Å². The number of ketones is 3. The highest BCUT2D eigenvalue weighted by Gasteiger charge is 2.67. The molecule has 2 aromatic rings. The molecule has 2 saturated heterocycles. The number of hydrogen-bond acceptors (Lipinski definition) is 17. The first-order valence-corrected chi connectivity index (χ1v) is 36.7. The number of nitrogens with zero attached hydrogens (tertiary/aromatic N) is 2. The molecule has 4 aliphatic heterocycles. The number of ether oxygens (including phenoxy) is 4. The average Bonchev–Trinajstić information content (AvgIpc) is 1.59. The zero-order chi connectivity index (χ0) is 66.0. The van der Waals surface area contributed by atoms with Crippen molar-refractivity contribution in [3.8, 4) is 23.0 Å². The van der Waals surface area contributed by atoms with Gasteiger partial charge in [-0.2, -0.15) is 0 Å². The van der Waals surface area contributed by atoms with Gasteiger partial charge < -0.3 is 59.5 Å². The molecule has 4 heterocycles. The van der Waals surface area contributed by atoms with Crippen molar-refractivity contribution in [1.82, 2.24) is 25.9 Å². The molecule has 91 heavy (non-hydrogen) atoms. The van der Waals surface area contributed by atoms with Crippen molar-refractivity contribution in [2.75, 3.05) is 60.1 Å². The lowest BCUT2D eigenvalue weighted by atomic mass is 9.51. The highest BCUT2D eigenvalue weighted by Crippen LogP contribution is 2.65. The number of hydrogen-bond donors (Lipinski definition) is 6. The highest BCUT2D eigenvalue weighted by atomic mass is 31.0. The number of benzene rings is 2. The molecule has 8 aliphatic rings. The summed E-state index contributed by atoms with van der Waals surface area (Å²) in [6.07, 6.45) is 17.0. The zero-order valence-electron chi connectivity index (χ0n) is 56.0. The summed E-state index contributed by atoms with van der Waals surface area (Å²) < 4.78 is 24.8. The molecular formula is C70H111N5O14P2. The molecule has 21 heteroatoms. The van der Waals surface area contributed by atoms with Crippen molar-refractivity contribution in [3.63, 3.8) is 0 Å². The normalized spacial score (nSPS) is 26.7. The Balaban J connectivity index is 0.000000246. The third-order valence-electron chi connectivity index (χ3n) is 21.4. The quantitative estimate of drug-likeness (QED) is 0.00995. The van der Waals surface area contributed by atoms with E-state index in [1.54, 1.807) is 26.0 Å². The van der Waals surface area contributed by atoms with Gasteiger partial charge in [0, 0.05) is 97.6 Å². The number of likely N-dealkylation sites (tertiary alicyclic amines) is 2. The number of rotatable bonds is 32. The summed E-state index contributed by atoms with van der Waals surface area (Å²) in [5.74, 6) is 3.42. The molecule has 510 valence electrons. The van der Waals surface area contributed by atoms with E-state index >= 15 is 0 Å². The molecule has 15 atom stereocenters. The second-order valence-corrected chi connectivity index (χ2v) is 27.0. The van der Waals surface area contributed by atoms with E-state index in [1.165, 1.54) is 16.7 Å². The molecule has 2 aromatic carbocycles. The van der Waals surface area contributed by atoms with E-state index in [9.17, 15) is 44.1 Å². The first-order chi connectivity index (χ1) is 43.8. The summed E-state index contributed by atoms with van der Waals surface area (Å²) in [4.78, 5) is 81.7. The molecule has 0 radical (unpaired) electrons. The van der Waals surface area contributed by atoms with E-state index in [0.717, 1.165) is 153 Å². The van der Waals surface area contributed by atoms with Crippen LogP contribution in [0.2, 0.25) is 0 Å². The van der Waals surface area contributed by atoms with Gasteiger partial charge in [0.15, 0.2) is 29.3 Å². The molecular weight excluding hydrogens is 1200 g/mol. The largest absolute Gasteiger partial charge is 0.533 e. The van der Waals surface area contributed by atoms with E-state index in [-0.39, 0.29) is 88.7 Å². The van der Waals surface area contributed by atoms with Gasteiger partial charge in [0.2, 0.25) is 11.8 Å². The van der Waals surface area contributed by atoms with Gasteiger partial charge in [-0.1, -0.05) is 71.4 Å². The van der Waals surface area contributed by atoms with Gasteiger partial charge >= 0.3 is 6.16 Å². The van der Waals surface area contributed by atoms with Crippen LogP contribution in [0.3, 0.4) is 0 Å². The highest BCUT2D eigenvalue weighted by molar-refractivity contribution is 7.15. The maximum atomic E-state index is 12.6. The molecule has 0 aromatic heterocycles. The van der Waals surface area contributed by atoms with Crippen LogP contribution < -0.4 is 30.3 Å². The Morgan fingerprint density at radius 3 is 1.71 bits per heavy atom. The number of carbonyl (C=O) groups excluding carboxylic acids is 6. The monoisotopic (exact) mass is 1310 g/mol. The molecule has 19 nitrogen and oxygen atoms in total. The predicted octanol–water partition coefficient (Wildman–Crippen LogP) is 9.76. The van der Waals surface area contributed by atoms with Crippen LogP contribution in [0.1, 0.15) is 204 Å². The number of nitrogens with one attached hydrogen (secondary N) is 3.